The molecule has 534 valence electrons. The predicted molar refractivity (Wildman–Crippen MR) is 452 cm³/mol. The first-order valence-electron chi connectivity index (χ1n) is 37.3. The van der Waals surface area contributed by atoms with Crippen LogP contribution in [0.15, 0.2) is 364 Å². The zero-order chi connectivity index (χ0) is 74.1. The molecule has 2 aliphatic carbocycles. The van der Waals surface area contributed by atoms with Crippen molar-refractivity contribution < 1.29 is 9.31 Å². The average molecular weight is 1460 g/mol. The van der Waals surface area contributed by atoms with Crippen molar-refractivity contribution in [2.75, 3.05) is 9.80 Å². The molecule has 0 bridgehead atoms. The molecule has 2 spiro atoms. The van der Waals surface area contributed by atoms with Crippen LogP contribution in [0.2, 0.25) is 5.28 Å². The lowest BCUT2D eigenvalue weighted by molar-refractivity contribution is 0.00578. The van der Waals surface area contributed by atoms with Gasteiger partial charge in [0.1, 0.15) is 0 Å². The van der Waals surface area contributed by atoms with Gasteiger partial charge in [-0.05, 0) is 160 Å². The Bertz CT molecular complexity index is 5950. The predicted octanol–water partition coefficient (Wildman–Crippen LogP) is 23.6. The molecule has 3 aliphatic heterocycles. The number of fused-ring (bicyclic) bond motifs is 18. The van der Waals surface area contributed by atoms with Crippen molar-refractivity contribution in [1.82, 2.24) is 29.9 Å². The third-order valence-corrected chi connectivity index (χ3v) is 22.7. The van der Waals surface area contributed by atoms with E-state index in [0.29, 0.717) is 29.1 Å². The normalized spacial score (nSPS) is 14.6. The molecule has 5 aliphatic rings. The van der Waals surface area contributed by atoms with Gasteiger partial charge in [0.15, 0.2) is 29.1 Å². The third-order valence-electron chi connectivity index (χ3n) is 22.5. The molecule has 5 heterocycles. The highest BCUT2D eigenvalue weighted by atomic mass is 35.5. The summed E-state index contributed by atoms with van der Waals surface area (Å²) in [5, 5.41) is 0.202. The number of para-hydroxylation sites is 6. The average Bonchev–Trinajstić information content (AvgIpc) is 1.56. The molecule has 1 fully saturated rings. The number of hydrogen-bond acceptors (Lipinski definition) is 10. The number of aromatic nitrogens is 6. The Morgan fingerprint density at radius 3 is 0.910 bits per heavy atom. The Morgan fingerprint density at radius 2 is 0.532 bits per heavy atom. The van der Waals surface area contributed by atoms with Crippen LogP contribution in [0.25, 0.3) is 79.2 Å². The van der Waals surface area contributed by atoms with Crippen LogP contribution in [0, 0.1) is 0 Å². The molecular formula is C99H76BClN8O2. The van der Waals surface area contributed by atoms with Crippen molar-refractivity contribution in [2.24, 2.45) is 0 Å². The van der Waals surface area contributed by atoms with Crippen LogP contribution in [0.4, 0.5) is 34.1 Å². The Morgan fingerprint density at radius 1 is 0.261 bits per heavy atom. The van der Waals surface area contributed by atoms with Gasteiger partial charge in [0, 0.05) is 39.2 Å². The highest BCUT2D eigenvalue weighted by Gasteiger charge is 2.58. The molecule has 12 heteroatoms. The summed E-state index contributed by atoms with van der Waals surface area (Å²) in [5.41, 5.74) is 25.6. The van der Waals surface area contributed by atoms with Crippen LogP contribution in [0.3, 0.4) is 0 Å². The topological polar surface area (TPSA) is 102 Å². The Labute approximate surface area is 653 Å². The van der Waals surface area contributed by atoms with E-state index in [1.165, 1.54) is 78.1 Å². The first-order valence-corrected chi connectivity index (χ1v) is 37.7. The van der Waals surface area contributed by atoms with E-state index < -0.39 is 29.2 Å². The molecule has 2 aromatic heterocycles. The SMILES string of the molecule is C.CC1(C)OB(c2cccc3c2C2(c4ccccc4-3)c3ccccc3N(c3ccccc3)c3ccccc32)OC1(C)C.Clc1nc(-c2ccccc2)nc(-c2ccccc2)n1.c1ccc(-c2nc(-c3ccccc3)nc(-c3cccc4c3C3(c5ccccc5-4)c4ccccc4N(c4ccccc4)c4ccccc43)n2)cc1. The summed E-state index contributed by atoms with van der Waals surface area (Å²) in [7, 11) is -0.479. The third kappa shape index (κ3) is 11.5. The fourth-order valence-corrected chi connectivity index (χ4v) is 17.3. The summed E-state index contributed by atoms with van der Waals surface area (Å²) in [6.45, 7) is 8.51. The first-order chi connectivity index (χ1) is 54.0. The van der Waals surface area contributed by atoms with E-state index in [1.807, 2.05) is 97.1 Å². The minimum Gasteiger partial charge on any atom is -0.399 e. The minimum absolute atomic E-state index is 0. The standard InChI is InChI=1S/C46H30N4.C37H32BNO2.C15H10ClN3.CH4/c1-4-17-31(18-5-1)43-47-44(32-19-6-2-7-20-32)49-45(48-43)36-25-16-24-35-34-23-10-11-26-37(34)46(42(35)36)38-27-12-14-29-40(38)50(33-21-8-3-9-22-33)41-30-15-13-28-39(41)46;1-35(2)36(3,4)41-38(40-35)31-22-14-18-27-26-17-8-9-19-28(26)37(34(27)31)29-20-10-12-23-32(29)39(25-15-6-5-7-16-25)33-24-13-11-21-30(33)37;16-15-18-13(11-7-3-1-4-8-11)17-14(19-15)12-9-5-2-6-10-12;/h1-30H;5-24H,1-4H3;1-10H;1H4. The molecule has 0 radical (unpaired) electrons. The zero-order valence-electron chi connectivity index (χ0n) is 61.0. The van der Waals surface area contributed by atoms with E-state index in [4.69, 9.17) is 35.9 Å². The van der Waals surface area contributed by atoms with Crippen LogP contribution >= 0.6 is 11.6 Å². The highest BCUT2D eigenvalue weighted by molar-refractivity contribution is 6.63. The molecule has 14 aromatic carbocycles. The van der Waals surface area contributed by atoms with Gasteiger partial charge in [-0.25, -0.2) is 19.9 Å². The summed E-state index contributed by atoms with van der Waals surface area (Å²) >= 11 is 5.99. The lowest BCUT2D eigenvalue weighted by Crippen LogP contribution is -2.44. The summed E-state index contributed by atoms with van der Waals surface area (Å²) < 4.78 is 13.5. The first kappa shape index (κ1) is 69.7. The van der Waals surface area contributed by atoms with Gasteiger partial charge < -0.3 is 19.1 Å². The lowest BCUT2D eigenvalue weighted by Gasteiger charge is -2.45. The molecule has 111 heavy (non-hydrogen) atoms. The number of halogens is 1. The van der Waals surface area contributed by atoms with Gasteiger partial charge in [0.05, 0.1) is 44.8 Å². The van der Waals surface area contributed by atoms with Gasteiger partial charge in [0.25, 0.3) is 0 Å². The summed E-state index contributed by atoms with van der Waals surface area (Å²) in [6, 6.07) is 128. The lowest BCUT2D eigenvalue weighted by atomic mass is 9.60. The van der Waals surface area contributed by atoms with Crippen LogP contribution in [0.5, 0.6) is 0 Å². The largest absolute Gasteiger partial charge is 0.495 e. The number of anilines is 6. The Hall–Kier alpha value is -13.0. The van der Waals surface area contributed by atoms with Gasteiger partial charge in [-0.1, -0.05) is 323 Å². The molecule has 1 saturated heterocycles. The van der Waals surface area contributed by atoms with Crippen LogP contribution in [0.1, 0.15) is 79.6 Å². The second-order valence-electron chi connectivity index (χ2n) is 29.1. The molecule has 0 atom stereocenters. The molecular weight excluding hydrogens is 1380 g/mol. The van der Waals surface area contributed by atoms with Gasteiger partial charge in [-0.15, -0.1) is 0 Å². The van der Waals surface area contributed by atoms with E-state index in [9.17, 15) is 0 Å². The monoisotopic (exact) mass is 1450 g/mol. The fraction of sp³-hybridized carbons (Fsp3) is 0.0909. The van der Waals surface area contributed by atoms with Gasteiger partial charge in [-0.3, -0.25) is 0 Å². The minimum atomic E-state index is -0.632. The van der Waals surface area contributed by atoms with Crippen LogP contribution in [-0.4, -0.2) is 48.2 Å². The molecule has 0 unspecified atom stereocenters. The maximum Gasteiger partial charge on any atom is 0.495 e. The number of nitrogens with zero attached hydrogens (tertiary/aromatic N) is 8. The van der Waals surface area contributed by atoms with Gasteiger partial charge >= 0.3 is 7.12 Å². The second kappa shape index (κ2) is 28.2. The second-order valence-corrected chi connectivity index (χ2v) is 29.4. The smallest absolute Gasteiger partial charge is 0.399 e. The zero-order valence-corrected chi connectivity index (χ0v) is 61.7. The van der Waals surface area contributed by atoms with Crippen molar-refractivity contribution in [3.8, 4) is 79.2 Å². The maximum absolute atomic E-state index is 6.74. The van der Waals surface area contributed by atoms with E-state index in [-0.39, 0.29) is 12.7 Å². The molecule has 0 N–H and O–H groups in total. The molecule has 0 amide bonds. The Balaban J connectivity index is 0.000000127. The van der Waals surface area contributed by atoms with Gasteiger partial charge in [-0.2, -0.15) is 9.97 Å². The quantitative estimate of drug-likeness (QED) is 0.137. The van der Waals surface area contributed by atoms with E-state index in [2.05, 4.69) is 319 Å². The summed E-state index contributed by atoms with van der Waals surface area (Å²) in [6.07, 6.45) is 0. The molecule has 0 saturated carbocycles. The van der Waals surface area contributed by atoms with E-state index in [1.54, 1.807) is 0 Å². The fourth-order valence-electron chi connectivity index (χ4n) is 17.1. The maximum atomic E-state index is 6.74. The highest BCUT2D eigenvalue weighted by Crippen LogP contribution is 2.66. The number of benzene rings is 14. The number of hydrogen-bond donors (Lipinski definition) is 0. The molecule has 16 aromatic rings. The van der Waals surface area contributed by atoms with Crippen molar-refractivity contribution in [3.63, 3.8) is 0 Å². The molecule has 10 nitrogen and oxygen atoms in total. The van der Waals surface area contributed by atoms with Crippen molar-refractivity contribution in [2.45, 2.75) is 57.2 Å². The van der Waals surface area contributed by atoms with E-state index in [0.717, 1.165) is 56.0 Å². The van der Waals surface area contributed by atoms with Crippen LogP contribution in [-0.2, 0) is 20.1 Å². The summed E-state index contributed by atoms with van der Waals surface area (Å²) in [5.74, 6) is 3.12. The van der Waals surface area contributed by atoms with Crippen molar-refractivity contribution in [1.29, 1.82) is 0 Å². The number of rotatable bonds is 8. The van der Waals surface area contributed by atoms with Gasteiger partial charge in [0.2, 0.25) is 5.28 Å². The van der Waals surface area contributed by atoms with E-state index >= 15 is 0 Å². The van der Waals surface area contributed by atoms with Crippen LogP contribution < -0.4 is 15.3 Å². The Kier molecular flexibility index (Phi) is 17.7. The van der Waals surface area contributed by atoms with Crippen molar-refractivity contribution >= 4 is 58.3 Å². The van der Waals surface area contributed by atoms with Crippen molar-refractivity contribution in [3.05, 3.63) is 414 Å². The summed E-state index contributed by atoms with van der Waals surface area (Å²) in [4.78, 5) is 33.2. The molecule has 21 rings (SSSR count).